The molecule has 0 aliphatic heterocycles. The average Bonchev–Trinajstić information content (AvgIpc) is 2.48. The molecule has 0 spiro atoms. The zero-order valence-electron chi connectivity index (χ0n) is 11.1. The molecule has 8 heteroatoms. The first-order valence-electron chi connectivity index (χ1n) is 6.08. The SMILES string of the molecule is O=C(COc1ccccc1Cl)Nc1cc([N+](=O)[O-])ccc1F. The van der Waals surface area contributed by atoms with Gasteiger partial charge in [-0.15, -0.1) is 0 Å². The summed E-state index contributed by atoms with van der Waals surface area (Å²) in [5, 5.41) is 13.2. The molecule has 0 fully saturated rings. The lowest BCUT2D eigenvalue weighted by Crippen LogP contribution is -2.21. The molecule has 22 heavy (non-hydrogen) atoms. The van der Waals surface area contributed by atoms with Gasteiger partial charge >= 0.3 is 0 Å². The summed E-state index contributed by atoms with van der Waals surface area (Å²) < 4.78 is 18.7. The molecule has 0 atom stereocenters. The number of non-ortho nitro benzene ring substituents is 1. The van der Waals surface area contributed by atoms with Crippen molar-refractivity contribution in [3.8, 4) is 5.75 Å². The van der Waals surface area contributed by atoms with Gasteiger partial charge in [0.2, 0.25) is 0 Å². The number of halogens is 2. The molecule has 114 valence electrons. The van der Waals surface area contributed by atoms with E-state index < -0.39 is 23.3 Å². The van der Waals surface area contributed by atoms with Crippen molar-refractivity contribution in [3.63, 3.8) is 0 Å². The van der Waals surface area contributed by atoms with Crippen LogP contribution in [0.2, 0.25) is 5.02 Å². The van der Waals surface area contributed by atoms with E-state index in [1.54, 1.807) is 24.3 Å². The van der Waals surface area contributed by atoms with Crippen LogP contribution in [0, 0.1) is 15.9 Å². The fraction of sp³-hybridized carbons (Fsp3) is 0.0714. The zero-order chi connectivity index (χ0) is 16.1. The van der Waals surface area contributed by atoms with Crippen LogP contribution in [0.1, 0.15) is 0 Å². The van der Waals surface area contributed by atoms with E-state index in [2.05, 4.69) is 5.32 Å². The lowest BCUT2D eigenvalue weighted by Gasteiger charge is -2.09. The molecule has 0 saturated heterocycles. The van der Waals surface area contributed by atoms with E-state index in [9.17, 15) is 19.3 Å². The van der Waals surface area contributed by atoms with E-state index in [1.807, 2.05) is 0 Å². The Kier molecular flexibility index (Phi) is 4.90. The van der Waals surface area contributed by atoms with Gasteiger partial charge in [-0.1, -0.05) is 23.7 Å². The molecule has 2 aromatic carbocycles. The van der Waals surface area contributed by atoms with E-state index in [0.29, 0.717) is 10.8 Å². The molecule has 0 aliphatic carbocycles. The number of nitro groups is 1. The van der Waals surface area contributed by atoms with Crippen molar-refractivity contribution < 1.29 is 18.8 Å². The van der Waals surface area contributed by atoms with Crippen molar-refractivity contribution in [2.24, 2.45) is 0 Å². The fourth-order valence-electron chi connectivity index (χ4n) is 1.61. The number of hydrogen-bond donors (Lipinski definition) is 1. The number of para-hydroxylation sites is 1. The number of amides is 1. The van der Waals surface area contributed by atoms with E-state index >= 15 is 0 Å². The zero-order valence-corrected chi connectivity index (χ0v) is 11.8. The largest absolute Gasteiger partial charge is 0.482 e. The van der Waals surface area contributed by atoms with Gasteiger partial charge in [-0.3, -0.25) is 14.9 Å². The monoisotopic (exact) mass is 324 g/mol. The smallest absolute Gasteiger partial charge is 0.271 e. The highest BCUT2D eigenvalue weighted by atomic mass is 35.5. The summed E-state index contributed by atoms with van der Waals surface area (Å²) in [6.07, 6.45) is 0. The van der Waals surface area contributed by atoms with Crippen LogP contribution in [-0.4, -0.2) is 17.4 Å². The first-order valence-corrected chi connectivity index (χ1v) is 6.46. The third-order valence-electron chi connectivity index (χ3n) is 2.63. The molecule has 1 amide bonds. The number of carbonyl (C=O) groups excluding carboxylic acids is 1. The minimum atomic E-state index is -0.781. The normalized spacial score (nSPS) is 10.1. The Balaban J connectivity index is 2.02. The molecule has 0 radical (unpaired) electrons. The van der Waals surface area contributed by atoms with E-state index in [-0.39, 0.29) is 11.4 Å². The second-order valence-electron chi connectivity index (χ2n) is 4.19. The Morgan fingerprint density at radius 2 is 2.05 bits per heavy atom. The highest BCUT2D eigenvalue weighted by Crippen LogP contribution is 2.24. The number of anilines is 1. The maximum Gasteiger partial charge on any atom is 0.271 e. The van der Waals surface area contributed by atoms with E-state index in [0.717, 1.165) is 18.2 Å². The molecule has 6 nitrogen and oxygen atoms in total. The molecule has 0 heterocycles. The van der Waals surface area contributed by atoms with Crippen molar-refractivity contribution in [1.82, 2.24) is 0 Å². The maximum absolute atomic E-state index is 13.5. The molecule has 1 N–H and O–H groups in total. The van der Waals surface area contributed by atoms with Crippen LogP contribution in [0.5, 0.6) is 5.75 Å². The van der Waals surface area contributed by atoms with Crippen LogP contribution in [0.4, 0.5) is 15.8 Å². The topological polar surface area (TPSA) is 81.5 Å². The van der Waals surface area contributed by atoms with Crippen LogP contribution < -0.4 is 10.1 Å². The van der Waals surface area contributed by atoms with Crippen molar-refractivity contribution in [1.29, 1.82) is 0 Å². The van der Waals surface area contributed by atoms with Crippen molar-refractivity contribution >= 4 is 28.9 Å². The standard InChI is InChI=1S/C14H10ClFN2O4/c15-10-3-1-2-4-13(10)22-8-14(19)17-12-7-9(18(20)21)5-6-11(12)16/h1-7H,8H2,(H,17,19). The minimum Gasteiger partial charge on any atom is -0.482 e. The number of benzene rings is 2. The predicted molar refractivity (Wildman–Crippen MR) is 78.6 cm³/mol. The second kappa shape index (κ2) is 6.86. The van der Waals surface area contributed by atoms with Gasteiger partial charge in [-0.2, -0.15) is 0 Å². The Morgan fingerprint density at radius 3 is 2.73 bits per heavy atom. The molecule has 0 aromatic heterocycles. The molecular formula is C14H10ClFN2O4. The molecule has 0 aliphatic rings. The third-order valence-corrected chi connectivity index (χ3v) is 2.94. The third kappa shape index (κ3) is 3.92. The van der Waals surface area contributed by atoms with Gasteiger partial charge < -0.3 is 10.1 Å². The van der Waals surface area contributed by atoms with Gasteiger partial charge in [-0.05, 0) is 18.2 Å². The summed E-state index contributed by atoms with van der Waals surface area (Å²) in [5.41, 5.74) is -0.620. The predicted octanol–water partition coefficient (Wildman–Crippen LogP) is 3.40. The first-order chi connectivity index (χ1) is 10.5. The second-order valence-corrected chi connectivity index (χ2v) is 4.60. The molecule has 2 rings (SSSR count). The Morgan fingerprint density at radius 1 is 1.32 bits per heavy atom. The van der Waals surface area contributed by atoms with Crippen LogP contribution in [0.25, 0.3) is 0 Å². The fourth-order valence-corrected chi connectivity index (χ4v) is 1.80. The number of nitrogens with one attached hydrogen (secondary N) is 1. The van der Waals surface area contributed by atoms with Gasteiger partial charge in [0.05, 0.1) is 15.6 Å². The number of nitro benzene ring substituents is 1. The number of hydrogen-bond acceptors (Lipinski definition) is 4. The van der Waals surface area contributed by atoms with Gasteiger partial charge in [-0.25, -0.2) is 4.39 Å². The van der Waals surface area contributed by atoms with E-state index in [1.165, 1.54) is 0 Å². The average molecular weight is 325 g/mol. The summed E-state index contributed by atoms with van der Waals surface area (Å²) >= 11 is 5.86. The van der Waals surface area contributed by atoms with Gasteiger partial charge in [0.15, 0.2) is 6.61 Å². The van der Waals surface area contributed by atoms with Crippen LogP contribution in [0.3, 0.4) is 0 Å². The lowest BCUT2D eigenvalue weighted by atomic mass is 10.2. The maximum atomic E-state index is 13.5. The summed E-state index contributed by atoms with van der Waals surface area (Å²) in [7, 11) is 0. The van der Waals surface area contributed by atoms with Crippen molar-refractivity contribution in [2.45, 2.75) is 0 Å². The van der Waals surface area contributed by atoms with Crippen LogP contribution >= 0.6 is 11.6 Å². The van der Waals surface area contributed by atoms with E-state index in [4.69, 9.17) is 16.3 Å². The van der Waals surface area contributed by atoms with Crippen LogP contribution in [-0.2, 0) is 4.79 Å². The summed E-state index contributed by atoms with van der Waals surface area (Å²) in [6, 6.07) is 9.39. The molecule has 0 unspecified atom stereocenters. The number of ether oxygens (including phenoxy) is 1. The number of nitrogens with zero attached hydrogens (tertiary/aromatic N) is 1. The highest BCUT2D eigenvalue weighted by molar-refractivity contribution is 6.32. The molecule has 0 bridgehead atoms. The molecule has 2 aromatic rings. The Labute approximate surface area is 129 Å². The summed E-state index contributed by atoms with van der Waals surface area (Å²) in [5.74, 6) is -1.14. The lowest BCUT2D eigenvalue weighted by molar-refractivity contribution is -0.384. The minimum absolute atomic E-state index is 0.290. The summed E-state index contributed by atoms with van der Waals surface area (Å²) in [6.45, 7) is -0.411. The molecule has 0 saturated carbocycles. The Bertz CT molecular complexity index is 724. The molecular weight excluding hydrogens is 315 g/mol. The highest BCUT2D eigenvalue weighted by Gasteiger charge is 2.13. The van der Waals surface area contributed by atoms with Crippen molar-refractivity contribution in [3.05, 3.63) is 63.4 Å². The summed E-state index contributed by atoms with van der Waals surface area (Å²) in [4.78, 5) is 21.7. The van der Waals surface area contributed by atoms with Gasteiger partial charge in [0.25, 0.3) is 11.6 Å². The quantitative estimate of drug-likeness (QED) is 0.675. The van der Waals surface area contributed by atoms with Gasteiger partial charge in [0, 0.05) is 12.1 Å². The number of rotatable bonds is 5. The van der Waals surface area contributed by atoms with Gasteiger partial charge in [0.1, 0.15) is 11.6 Å². The number of carbonyl (C=O) groups is 1. The first kappa shape index (κ1) is 15.7. The Hall–Kier alpha value is -2.67. The van der Waals surface area contributed by atoms with Crippen LogP contribution in [0.15, 0.2) is 42.5 Å². The van der Waals surface area contributed by atoms with Crippen molar-refractivity contribution in [2.75, 3.05) is 11.9 Å².